The van der Waals surface area contributed by atoms with Crippen LogP contribution in [0.25, 0.3) is 0 Å². The molecule has 10 heteroatoms. The first-order valence-corrected chi connectivity index (χ1v) is 13.1. The van der Waals surface area contributed by atoms with E-state index in [0.717, 1.165) is 11.1 Å². The maximum absolute atomic E-state index is 12.7. The van der Waals surface area contributed by atoms with E-state index in [1.807, 2.05) is 24.3 Å². The van der Waals surface area contributed by atoms with Crippen LogP contribution in [0, 0.1) is 0 Å². The quantitative estimate of drug-likeness (QED) is 0.226. The zero-order valence-electron chi connectivity index (χ0n) is 22.0. The molecule has 0 spiro atoms. The van der Waals surface area contributed by atoms with Gasteiger partial charge >= 0.3 is 5.97 Å². The Hall–Kier alpha value is -4.15. The van der Waals surface area contributed by atoms with E-state index in [-0.39, 0.29) is 21.5 Å². The average molecular weight is 563 g/mol. The Kier molecular flexibility index (Phi) is 9.86. The SMILES string of the molecule is CC(C)c1ccc(C(=O)NC(=S)Nc2ccc(C(=O)O)cc2NC(=S)NC(=O)c2ccc(C(C)C)cc2)cc1. The number of amides is 2. The summed E-state index contributed by atoms with van der Waals surface area (Å²) >= 11 is 10.6. The number of nitrogens with one attached hydrogen (secondary N) is 4. The smallest absolute Gasteiger partial charge is 0.335 e. The van der Waals surface area contributed by atoms with E-state index < -0.39 is 17.8 Å². The molecule has 5 N–H and O–H groups in total. The molecular weight excluding hydrogens is 532 g/mol. The molecule has 0 bridgehead atoms. The highest BCUT2D eigenvalue weighted by Gasteiger charge is 2.15. The third-order valence-corrected chi connectivity index (χ3v) is 6.30. The topological polar surface area (TPSA) is 120 Å². The second-order valence-corrected chi connectivity index (χ2v) is 10.3. The normalized spacial score (nSPS) is 10.6. The van der Waals surface area contributed by atoms with Gasteiger partial charge in [-0.05, 0) is 89.9 Å². The van der Waals surface area contributed by atoms with Crippen LogP contribution in [0.4, 0.5) is 11.4 Å². The minimum absolute atomic E-state index is 0.000688. The number of carbonyl (C=O) groups excluding carboxylic acids is 2. The van der Waals surface area contributed by atoms with Crippen molar-refractivity contribution in [3.63, 3.8) is 0 Å². The molecule has 0 saturated carbocycles. The maximum atomic E-state index is 12.7. The van der Waals surface area contributed by atoms with Gasteiger partial charge in [-0.2, -0.15) is 0 Å². The van der Waals surface area contributed by atoms with Gasteiger partial charge in [-0.1, -0.05) is 52.0 Å². The Bertz CT molecular complexity index is 1400. The monoisotopic (exact) mass is 562 g/mol. The second-order valence-electron chi connectivity index (χ2n) is 9.44. The summed E-state index contributed by atoms with van der Waals surface area (Å²) in [5.74, 6) is -1.29. The minimum atomic E-state index is -1.15. The summed E-state index contributed by atoms with van der Waals surface area (Å²) < 4.78 is 0. The van der Waals surface area contributed by atoms with Crippen molar-refractivity contribution in [1.29, 1.82) is 0 Å². The second kappa shape index (κ2) is 13.1. The molecule has 0 fully saturated rings. The van der Waals surface area contributed by atoms with Gasteiger partial charge in [0.2, 0.25) is 0 Å². The van der Waals surface area contributed by atoms with Crippen LogP contribution >= 0.6 is 24.4 Å². The van der Waals surface area contributed by atoms with E-state index in [1.165, 1.54) is 18.2 Å². The van der Waals surface area contributed by atoms with Crippen molar-refractivity contribution in [2.75, 3.05) is 10.6 Å². The summed E-state index contributed by atoms with van der Waals surface area (Å²) in [5, 5.41) is 20.3. The van der Waals surface area contributed by atoms with E-state index in [9.17, 15) is 19.5 Å². The summed E-state index contributed by atoms with van der Waals surface area (Å²) in [4.78, 5) is 36.9. The van der Waals surface area contributed by atoms with Gasteiger partial charge in [0, 0.05) is 11.1 Å². The van der Waals surface area contributed by atoms with E-state index in [1.54, 1.807) is 24.3 Å². The van der Waals surface area contributed by atoms with Crippen molar-refractivity contribution in [2.45, 2.75) is 39.5 Å². The van der Waals surface area contributed by atoms with E-state index in [0.29, 0.717) is 28.7 Å². The number of rotatable bonds is 7. The zero-order valence-corrected chi connectivity index (χ0v) is 23.6. The Morgan fingerprint density at radius 3 is 1.38 bits per heavy atom. The number of thiocarbonyl (C=S) groups is 2. The number of aromatic carboxylic acids is 1. The number of anilines is 2. The van der Waals surface area contributed by atoms with Crippen molar-refractivity contribution >= 4 is 63.8 Å². The van der Waals surface area contributed by atoms with Gasteiger partial charge in [0.05, 0.1) is 16.9 Å². The van der Waals surface area contributed by atoms with Gasteiger partial charge in [0.1, 0.15) is 0 Å². The van der Waals surface area contributed by atoms with Gasteiger partial charge in [-0.25, -0.2) is 4.79 Å². The van der Waals surface area contributed by atoms with Crippen LogP contribution in [0.15, 0.2) is 66.7 Å². The molecule has 2 amide bonds. The minimum Gasteiger partial charge on any atom is -0.478 e. The Labute approximate surface area is 238 Å². The fourth-order valence-corrected chi connectivity index (χ4v) is 3.99. The first kappa shape index (κ1) is 29.4. The maximum Gasteiger partial charge on any atom is 0.335 e. The van der Waals surface area contributed by atoms with Crippen LogP contribution in [-0.4, -0.2) is 33.1 Å². The van der Waals surface area contributed by atoms with E-state index >= 15 is 0 Å². The number of hydrogen-bond donors (Lipinski definition) is 5. The molecular formula is C29H30N4O4S2. The highest BCUT2D eigenvalue weighted by atomic mass is 32.1. The molecule has 3 aromatic carbocycles. The average Bonchev–Trinajstić information content (AvgIpc) is 2.89. The molecule has 3 aromatic rings. The zero-order chi connectivity index (χ0) is 28.7. The highest BCUT2D eigenvalue weighted by Crippen LogP contribution is 2.24. The van der Waals surface area contributed by atoms with Crippen LogP contribution in [0.5, 0.6) is 0 Å². The number of carbonyl (C=O) groups is 3. The van der Waals surface area contributed by atoms with Crippen molar-refractivity contribution in [3.05, 3.63) is 94.5 Å². The third-order valence-electron chi connectivity index (χ3n) is 5.90. The standard InChI is InChI=1S/C29H30N4O4S2/c1-16(2)18-5-9-20(10-6-18)25(34)32-28(38)30-23-14-13-22(27(36)37)15-24(23)31-29(39)33-26(35)21-11-7-19(8-12-21)17(3)4/h5-17H,1-4H3,(H,36,37)(H2,30,32,34,38)(H2,31,33,35,39). The molecule has 0 aliphatic rings. The fourth-order valence-electron chi connectivity index (χ4n) is 3.59. The van der Waals surface area contributed by atoms with Gasteiger partial charge < -0.3 is 15.7 Å². The lowest BCUT2D eigenvalue weighted by Gasteiger charge is -2.17. The number of carboxylic acids is 1. The Balaban J connectivity index is 1.70. The van der Waals surface area contributed by atoms with Gasteiger partial charge in [-0.15, -0.1) is 0 Å². The molecule has 0 aromatic heterocycles. The molecule has 0 radical (unpaired) electrons. The lowest BCUT2D eigenvalue weighted by atomic mass is 10.0. The molecule has 202 valence electrons. The highest BCUT2D eigenvalue weighted by molar-refractivity contribution is 7.80. The molecule has 0 unspecified atom stereocenters. The molecule has 0 saturated heterocycles. The molecule has 0 aliphatic carbocycles. The molecule has 0 atom stereocenters. The van der Waals surface area contributed by atoms with Crippen molar-refractivity contribution in [2.24, 2.45) is 0 Å². The lowest BCUT2D eigenvalue weighted by Crippen LogP contribution is -2.36. The van der Waals surface area contributed by atoms with Gasteiger partial charge in [0.25, 0.3) is 11.8 Å². The molecule has 0 heterocycles. The Morgan fingerprint density at radius 2 is 1.00 bits per heavy atom. The molecule has 8 nitrogen and oxygen atoms in total. The molecule has 39 heavy (non-hydrogen) atoms. The van der Waals surface area contributed by atoms with Crippen LogP contribution in [-0.2, 0) is 0 Å². The van der Waals surface area contributed by atoms with Crippen LogP contribution in [0.1, 0.15) is 81.7 Å². The third kappa shape index (κ3) is 8.17. The molecule has 3 rings (SSSR count). The van der Waals surface area contributed by atoms with Gasteiger partial charge in [0.15, 0.2) is 10.2 Å². The predicted molar refractivity (Wildman–Crippen MR) is 162 cm³/mol. The van der Waals surface area contributed by atoms with E-state index in [4.69, 9.17) is 24.4 Å². The summed E-state index contributed by atoms with van der Waals surface area (Å²) in [7, 11) is 0. The fraction of sp³-hybridized carbons (Fsp3) is 0.207. The Morgan fingerprint density at radius 1 is 0.615 bits per heavy atom. The largest absolute Gasteiger partial charge is 0.478 e. The van der Waals surface area contributed by atoms with Crippen LogP contribution in [0.2, 0.25) is 0 Å². The summed E-state index contributed by atoms with van der Waals surface area (Å²) in [6, 6.07) is 18.6. The summed E-state index contributed by atoms with van der Waals surface area (Å²) in [6.45, 7) is 8.26. The van der Waals surface area contributed by atoms with Crippen molar-refractivity contribution < 1.29 is 19.5 Å². The number of benzene rings is 3. The van der Waals surface area contributed by atoms with Crippen molar-refractivity contribution in [3.8, 4) is 0 Å². The summed E-state index contributed by atoms with van der Waals surface area (Å²) in [6.07, 6.45) is 0. The predicted octanol–water partition coefficient (Wildman–Crippen LogP) is 5.89. The first-order chi connectivity index (χ1) is 18.4. The summed E-state index contributed by atoms with van der Waals surface area (Å²) in [5.41, 5.74) is 3.65. The number of carboxylic acid groups (broad SMARTS) is 1. The van der Waals surface area contributed by atoms with Crippen LogP contribution in [0.3, 0.4) is 0 Å². The van der Waals surface area contributed by atoms with Gasteiger partial charge in [-0.3, -0.25) is 20.2 Å². The number of hydrogen-bond acceptors (Lipinski definition) is 5. The van der Waals surface area contributed by atoms with Crippen LogP contribution < -0.4 is 21.3 Å². The van der Waals surface area contributed by atoms with E-state index in [2.05, 4.69) is 49.0 Å². The first-order valence-electron chi connectivity index (χ1n) is 12.3. The lowest BCUT2D eigenvalue weighted by molar-refractivity contribution is 0.0696. The molecule has 0 aliphatic heterocycles. The van der Waals surface area contributed by atoms with Crippen molar-refractivity contribution in [1.82, 2.24) is 10.6 Å².